The monoisotopic (exact) mass is 251 g/mol. The summed E-state index contributed by atoms with van der Waals surface area (Å²) in [4.78, 5) is 0. The third-order valence-corrected chi connectivity index (χ3v) is 3.58. The zero-order valence-corrected chi connectivity index (χ0v) is 11.0. The van der Waals surface area contributed by atoms with Gasteiger partial charge in [0.05, 0.1) is 0 Å². The normalized spacial score (nSPS) is 17.2. The molecule has 1 aromatic rings. The third kappa shape index (κ3) is 3.45. The van der Waals surface area contributed by atoms with E-state index < -0.39 is 0 Å². The summed E-state index contributed by atoms with van der Waals surface area (Å²) in [5.74, 6) is 0.427. The SMILES string of the molecule is CCCNCCC1(Oc2cccc(F)c2)CCC1. The van der Waals surface area contributed by atoms with Crippen LogP contribution in [-0.4, -0.2) is 18.7 Å². The lowest BCUT2D eigenvalue weighted by Gasteiger charge is -2.42. The van der Waals surface area contributed by atoms with Crippen LogP contribution in [0.1, 0.15) is 39.0 Å². The minimum Gasteiger partial charge on any atom is -0.487 e. The van der Waals surface area contributed by atoms with Crippen molar-refractivity contribution in [3.05, 3.63) is 30.1 Å². The molecule has 0 spiro atoms. The van der Waals surface area contributed by atoms with Gasteiger partial charge >= 0.3 is 0 Å². The standard InChI is InChI=1S/C15H22FNO/c1-2-10-17-11-9-15(7-4-8-15)18-14-6-3-5-13(16)12-14/h3,5-6,12,17H,2,4,7-11H2,1H3. The van der Waals surface area contributed by atoms with E-state index in [1.807, 2.05) is 6.07 Å². The molecule has 1 aromatic carbocycles. The van der Waals surface area contributed by atoms with Crippen LogP contribution in [0.5, 0.6) is 5.75 Å². The average molecular weight is 251 g/mol. The molecule has 2 rings (SSSR count). The average Bonchev–Trinajstić information content (AvgIpc) is 2.31. The summed E-state index contributed by atoms with van der Waals surface area (Å²) in [5, 5.41) is 3.40. The lowest BCUT2D eigenvalue weighted by Crippen LogP contribution is -2.45. The van der Waals surface area contributed by atoms with E-state index in [1.165, 1.54) is 18.6 Å². The molecule has 0 aliphatic heterocycles. The maximum atomic E-state index is 13.1. The van der Waals surface area contributed by atoms with Gasteiger partial charge in [0.1, 0.15) is 17.2 Å². The minimum absolute atomic E-state index is 0.0610. The third-order valence-electron chi connectivity index (χ3n) is 3.58. The van der Waals surface area contributed by atoms with E-state index in [4.69, 9.17) is 4.74 Å². The summed E-state index contributed by atoms with van der Waals surface area (Å²) in [6, 6.07) is 6.46. The van der Waals surface area contributed by atoms with Gasteiger partial charge in [-0.1, -0.05) is 13.0 Å². The van der Waals surface area contributed by atoms with Crippen LogP contribution in [0.4, 0.5) is 4.39 Å². The second-order valence-corrected chi connectivity index (χ2v) is 5.10. The number of ether oxygens (including phenoxy) is 1. The Morgan fingerprint density at radius 1 is 1.33 bits per heavy atom. The van der Waals surface area contributed by atoms with Crippen molar-refractivity contribution in [1.29, 1.82) is 0 Å². The summed E-state index contributed by atoms with van der Waals surface area (Å²) >= 11 is 0. The van der Waals surface area contributed by atoms with Crippen LogP contribution in [0.15, 0.2) is 24.3 Å². The molecule has 18 heavy (non-hydrogen) atoms. The Morgan fingerprint density at radius 3 is 2.78 bits per heavy atom. The molecule has 0 unspecified atom stereocenters. The van der Waals surface area contributed by atoms with Gasteiger partial charge in [0.15, 0.2) is 0 Å². The Morgan fingerprint density at radius 2 is 2.17 bits per heavy atom. The van der Waals surface area contributed by atoms with Gasteiger partial charge in [-0.15, -0.1) is 0 Å². The van der Waals surface area contributed by atoms with E-state index in [0.29, 0.717) is 5.75 Å². The van der Waals surface area contributed by atoms with E-state index >= 15 is 0 Å². The molecule has 0 amide bonds. The van der Waals surface area contributed by atoms with E-state index in [0.717, 1.165) is 38.8 Å². The van der Waals surface area contributed by atoms with Crippen LogP contribution in [-0.2, 0) is 0 Å². The van der Waals surface area contributed by atoms with Crippen molar-refractivity contribution in [2.45, 2.75) is 44.6 Å². The molecular formula is C15H22FNO. The molecule has 1 fully saturated rings. The van der Waals surface area contributed by atoms with Crippen molar-refractivity contribution in [3.63, 3.8) is 0 Å². The van der Waals surface area contributed by atoms with Gasteiger partial charge in [0.2, 0.25) is 0 Å². The van der Waals surface area contributed by atoms with Crippen molar-refractivity contribution in [1.82, 2.24) is 5.32 Å². The Labute approximate surface area is 109 Å². The summed E-state index contributed by atoms with van der Waals surface area (Å²) in [7, 11) is 0. The molecule has 0 radical (unpaired) electrons. The predicted octanol–water partition coefficient (Wildman–Crippen LogP) is 3.52. The number of nitrogens with one attached hydrogen (secondary N) is 1. The fraction of sp³-hybridized carbons (Fsp3) is 0.600. The molecule has 0 atom stereocenters. The summed E-state index contributed by atoms with van der Waals surface area (Å²) in [6.45, 7) is 4.19. The first-order valence-corrected chi connectivity index (χ1v) is 6.89. The predicted molar refractivity (Wildman–Crippen MR) is 71.4 cm³/mol. The zero-order valence-electron chi connectivity index (χ0n) is 11.0. The molecule has 1 N–H and O–H groups in total. The molecule has 0 aromatic heterocycles. The number of hydrogen-bond acceptors (Lipinski definition) is 2. The Kier molecular flexibility index (Phi) is 4.59. The molecule has 100 valence electrons. The second-order valence-electron chi connectivity index (χ2n) is 5.10. The van der Waals surface area contributed by atoms with Gasteiger partial charge in [-0.05, 0) is 57.3 Å². The Hall–Kier alpha value is -1.09. The molecule has 1 saturated carbocycles. The highest BCUT2D eigenvalue weighted by Crippen LogP contribution is 2.39. The maximum absolute atomic E-state index is 13.1. The number of rotatable bonds is 7. The van der Waals surface area contributed by atoms with Gasteiger partial charge in [-0.3, -0.25) is 0 Å². The fourth-order valence-electron chi connectivity index (χ4n) is 2.37. The smallest absolute Gasteiger partial charge is 0.126 e. The van der Waals surface area contributed by atoms with Gasteiger partial charge in [-0.25, -0.2) is 4.39 Å². The molecule has 3 heteroatoms. The Balaban J connectivity index is 1.88. The molecule has 2 nitrogen and oxygen atoms in total. The van der Waals surface area contributed by atoms with Crippen LogP contribution in [0.2, 0.25) is 0 Å². The maximum Gasteiger partial charge on any atom is 0.126 e. The molecule has 0 saturated heterocycles. The first-order valence-electron chi connectivity index (χ1n) is 6.89. The summed E-state index contributed by atoms with van der Waals surface area (Å²) < 4.78 is 19.1. The van der Waals surface area contributed by atoms with Crippen LogP contribution >= 0.6 is 0 Å². The van der Waals surface area contributed by atoms with E-state index in [1.54, 1.807) is 6.07 Å². The Bertz CT molecular complexity index is 377. The van der Waals surface area contributed by atoms with E-state index in [-0.39, 0.29) is 11.4 Å². The van der Waals surface area contributed by atoms with Crippen LogP contribution < -0.4 is 10.1 Å². The zero-order chi connectivity index (χ0) is 12.8. The molecular weight excluding hydrogens is 229 g/mol. The van der Waals surface area contributed by atoms with Crippen molar-refractivity contribution in [2.24, 2.45) is 0 Å². The number of benzene rings is 1. The lowest BCUT2D eigenvalue weighted by molar-refractivity contribution is -0.0144. The fourth-order valence-corrected chi connectivity index (χ4v) is 2.37. The second kappa shape index (κ2) is 6.19. The number of halogens is 1. The molecule has 0 heterocycles. The largest absolute Gasteiger partial charge is 0.487 e. The van der Waals surface area contributed by atoms with Crippen molar-refractivity contribution in [3.8, 4) is 5.75 Å². The van der Waals surface area contributed by atoms with E-state index in [9.17, 15) is 4.39 Å². The molecule has 1 aliphatic carbocycles. The molecule has 0 bridgehead atoms. The van der Waals surface area contributed by atoms with Crippen LogP contribution in [0.25, 0.3) is 0 Å². The minimum atomic E-state index is -0.230. The topological polar surface area (TPSA) is 21.3 Å². The van der Waals surface area contributed by atoms with E-state index in [2.05, 4.69) is 12.2 Å². The van der Waals surface area contributed by atoms with Crippen LogP contribution in [0, 0.1) is 5.82 Å². The highest BCUT2D eigenvalue weighted by atomic mass is 19.1. The van der Waals surface area contributed by atoms with Gasteiger partial charge in [-0.2, -0.15) is 0 Å². The van der Waals surface area contributed by atoms with Gasteiger partial charge in [0, 0.05) is 6.07 Å². The van der Waals surface area contributed by atoms with Crippen molar-refractivity contribution in [2.75, 3.05) is 13.1 Å². The van der Waals surface area contributed by atoms with Gasteiger partial charge in [0.25, 0.3) is 0 Å². The quantitative estimate of drug-likeness (QED) is 0.749. The first kappa shape index (κ1) is 13.3. The van der Waals surface area contributed by atoms with Crippen molar-refractivity contribution >= 4 is 0 Å². The van der Waals surface area contributed by atoms with Gasteiger partial charge < -0.3 is 10.1 Å². The van der Waals surface area contributed by atoms with Crippen LogP contribution in [0.3, 0.4) is 0 Å². The number of hydrogen-bond donors (Lipinski definition) is 1. The summed E-state index contributed by atoms with van der Waals surface area (Å²) in [6.07, 6.45) is 5.53. The highest BCUT2D eigenvalue weighted by molar-refractivity contribution is 5.23. The first-order chi connectivity index (χ1) is 8.74. The highest BCUT2D eigenvalue weighted by Gasteiger charge is 2.38. The molecule has 1 aliphatic rings. The lowest BCUT2D eigenvalue weighted by atomic mass is 9.77. The summed E-state index contributed by atoms with van der Waals surface area (Å²) in [5.41, 5.74) is -0.0610. The van der Waals surface area contributed by atoms with Crippen molar-refractivity contribution < 1.29 is 9.13 Å².